The van der Waals surface area contributed by atoms with Gasteiger partial charge >= 0.3 is 0 Å². The third kappa shape index (κ3) is 17.5. The zero-order valence-electron chi connectivity index (χ0n) is 56.0. The van der Waals surface area contributed by atoms with Gasteiger partial charge in [0.25, 0.3) is 0 Å². The summed E-state index contributed by atoms with van der Waals surface area (Å²) in [5, 5.41) is 185. The number of fused-ring (bicyclic) bond motifs is 1. The predicted octanol–water partition coefficient (Wildman–Crippen LogP) is -9.81. The topological polar surface area (TPSA) is 589 Å². The Morgan fingerprint density at radius 1 is 0.538 bits per heavy atom. The van der Waals surface area contributed by atoms with Crippen LogP contribution in [0.5, 0.6) is 11.5 Å². The van der Waals surface area contributed by atoms with Crippen LogP contribution >= 0.6 is 0 Å². The average molecular weight is 1470 g/mol. The van der Waals surface area contributed by atoms with Crippen molar-refractivity contribution in [2.75, 3.05) is 53.2 Å². The summed E-state index contributed by atoms with van der Waals surface area (Å²) < 4.78 is 40.6. The highest BCUT2D eigenvalue weighted by Gasteiger charge is 2.55. The van der Waals surface area contributed by atoms with Gasteiger partial charge in [-0.05, 0) is 57.8 Å². The van der Waals surface area contributed by atoms with Crippen LogP contribution in [0.1, 0.15) is 29.5 Å². The lowest BCUT2D eigenvalue weighted by Gasteiger charge is -2.46. The van der Waals surface area contributed by atoms with Crippen LogP contribution in [0.15, 0.2) is 91.0 Å². The fraction of sp³-hybridized carbons (Fsp3) is 0.545. The summed E-state index contributed by atoms with van der Waals surface area (Å²) in [4.78, 5) is 88.4. The van der Waals surface area contributed by atoms with Crippen molar-refractivity contribution >= 4 is 58.1 Å². The summed E-state index contributed by atoms with van der Waals surface area (Å²) in [6.45, 7) is -3.88. The number of aliphatic hydroxyl groups is 13. The lowest BCUT2D eigenvalue weighted by atomic mass is 9.92. The lowest BCUT2D eigenvalue weighted by molar-refractivity contribution is -0.355. The molecule has 6 saturated heterocycles. The number of methoxy groups -OCH3 is 1. The van der Waals surface area contributed by atoms with Crippen LogP contribution in [0.3, 0.4) is 0 Å². The van der Waals surface area contributed by atoms with Gasteiger partial charge in [0.2, 0.25) is 41.7 Å². The molecule has 6 fully saturated rings. The molecule has 25 unspecified atom stereocenters. The van der Waals surface area contributed by atoms with E-state index in [0.717, 1.165) is 15.7 Å². The molecule has 104 heavy (non-hydrogen) atoms. The molecule has 0 spiro atoms. The van der Waals surface area contributed by atoms with Crippen molar-refractivity contribution in [1.29, 1.82) is 10.8 Å². The van der Waals surface area contributed by atoms with Gasteiger partial charge in [-0.15, -0.1) is 0 Å². The minimum atomic E-state index is -2.36. The number of aliphatic hydroxyl groups excluding tert-OH is 13. The van der Waals surface area contributed by atoms with E-state index < -0.39 is 240 Å². The maximum atomic E-state index is 15.2. The number of carbonyl (C=O) groups is 6. The molecular weight excluding hydrogens is 1380 g/mol. The molecule has 6 aliphatic rings. The second-order valence-corrected chi connectivity index (χ2v) is 26.0. The molecule has 0 saturated carbocycles. The molecule has 25 atom stereocenters. The van der Waals surface area contributed by atoms with Crippen molar-refractivity contribution in [3.63, 3.8) is 0 Å². The zero-order chi connectivity index (χ0) is 75.0. The van der Waals surface area contributed by atoms with Crippen molar-refractivity contribution in [3.8, 4) is 11.5 Å². The minimum absolute atomic E-state index is 0.0727. The Kier molecular flexibility index (Phi) is 25.9. The fourth-order valence-electron chi connectivity index (χ4n) is 13.1. The average Bonchev–Trinajstić information content (AvgIpc) is 1.35. The number of hydrogen-bond acceptors (Lipinski definition) is 28. The van der Waals surface area contributed by atoms with Gasteiger partial charge in [-0.1, -0.05) is 67.6 Å². The number of nitrogens with zero attached hydrogens (tertiary/aromatic N) is 1. The molecule has 24 N–H and O–H groups in total. The van der Waals surface area contributed by atoms with Crippen LogP contribution in [-0.4, -0.2) is 318 Å². The van der Waals surface area contributed by atoms with E-state index in [-0.39, 0.29) is 30.4 Å². The first-order valence-corrected chi connectivity index (χ1v) is 33.4. The highest BCUT2D eigenvalue weighted by atomic mass is 16.7. The Bertz CT molecular complexity index is 3670. The number of nitrogens with one attached hydrogen (secondary N) is 11. The van der Waals surface area contributed by atoms with Crippen molar-refractivity contribution < 1.29 is 128 Å². The fourth-order valence-corrected chi connectivity index (χ4v) is 13.1. The van der Waals surface area contributed by atoms with Gasteiger partial charge in [0.05, 0.1) is 58.8 Å². The lowest BCUT2D eigenvalue weighted by Crippen LogP contribution is -2.69. The van der Waals surface area contributed by atoms with Gasteiger partial charge in [0.15, 0.2) is 24.4 Å². The van der Waals surface area contributed by atoms with Gasteiger partial charge in [0, 0.05) is 25.4 Å². The molecule has 568 valence electrons. The molecule has 4 aromatic carbocycles. The van der Waals surface area contributed by atoms with E-state index in [1.54, 1.807) is 56.5 Å². The predicted molar refractivity (Wildman–Crippen MR) is 355 cm³/mol. The summed E-state index contributed by atoms with van der Waals surface area (Å²) in [5.74, 6) is -8.65. The van der Waals surface area contributed by atoms with E-state index in [2.05, 4.69) is 47.9 Å². The SMILES string of the molecule is COc1ccc2cc(COC3C(CO)OC(OC4C(CO)OC(Oc5ccc(CC6NC(=O)C(C(C)c7ccccc7)NC(=O)CNC(=O)C(CO)NC(=O)C(C(O)C7CNC(=N)N7C7OC(CO)C(O)C(O)C7O)NC(=O)C(C(O)C7CNC(=N)N7)NC6=O)cc5)C(O)C4O)C(O)C3O)ccc2c1. The van der Waals surface area contributed by atoms with E-state index in [4.69, 9.17) is 44.0 Å². The van der Waals surface area contributed by atoms with E-state index in [0.29, 0.717) is 16.9 Å². The van der Waals surface area contributed by atoms with Gasteiger partial charge in [0.1, 0.15) is 127 Å². The maximum absolute atomic E-state index is 15.2. The Balaban J connectivity index is 0.892. The highest BCUT2D eigenvalue weighted by Crippen LogP contribution is 2.34. The van der Waals surface area contributed by atoms with Gasteiger partial charge < -0.3 is 152 Å². The normalized spacial score (nSPS) is 34.3. The van der Waals surface area contributed by atoms with Crippen molar-refractivity contribution in [2.24, 2.45) is 0 Å². The first kappa shape index (κ1) is 78.0. The Morgan fingerprint density at radius 3 is 1.81 bits per heavy atom. The van der Waals surface area contributed by atoms with Gasteiger partial charge in [-0.25, -0.2) is 0 Å². The molecule has 10 rings (SSSR count). The Labute approximate surface area is 592 Å². The van der Waals surface area contributed by atoms with E-state index in [1.807, 2.05) is 24.3 Å². The van der Waals surface area contributed by atoms with Crippen molar-refractivity contribution in [2.45, 2.75) is 172 Å². The van der Waals surface area contributed by atoms with E-state index >= 15 is 9.59 Å². The summed E-state index contributed by atoms with van der Waals surface area (Å²) in [7, 11) is 1.55. The quantitative estimate of drug-likeness (QED) is 0.0368. The second-order valence-electron chi connectivity index (χ2n) is 26.0. The van der Waals surface area contributed by atoms with Crippen LogP contribution in [0.25, 0.3) is 10.8 Å². The molecule has 38 nitrogen and oxygen atoms in total. The Hall–Kier alpha value is -8.62. The molecule has 6 amide bonds. The first-order valence-electron chi connectivity index (χ1n) is 33.4. The molecule has 6 heterocycles. The largest absolute Gasteiger partial charge is 0.497 e. The van der Waals surface area contributed by atoms with Gasteiger partial charge in [-0.2, -0.15) is 0 Å². The van der Waals surface area contributed by atoms with E-state index in [1.165, 1.54) is 24.3 Å². The summed E-state index contributed by atoms with van der Waals surface area (Å²) >= 11 is 0. The number of hydrogen-bond donors (Lipinski definition) is 24. The third-order valence-corrected chi connectivity index (χ3v) is 19.1. The summed E-state index contributed by atoms with van der Waals surface area (Å²) in [5.41, 5.74) is 1.39. The molecule has 0 aliphatic carbocycles. The van der Waals surface area contributed by atoms with Crippen molar-refractivity contribution in [3.05, 3.63) is 108 Å². The summed E-state index contributed by atoms with van der Waals surface area (Å²) in [6, 6.07) is 11.7. The number of amides is 6. The maximum Gasteiger partial charge on any atom is 0.246 e. The molecule has 0 aromatic heterocycles. The highest BCUT2D eigenvalue weighted by molar-refractivity contribution is 5.98. The monoisotopic (exact) mass is 1460 g/mol. The number of guanidine groups is 2. The number of carbonyl (C=O) groups excluding carboxylic acids is 6. The minimum Gasteiger partial charge on any atom is -0.497 e. The summed E-state index contributed by atoms with van der Waals surface area (Å²) in [6.07, 6.45) is -31.2. The smallest absolute Gasteiger partial charge is 0.246 e. The number of ether oxygens (including phenoxy) is 7. The number of rotatable bonds is 21. The first-order chi connectivity index (χ1) is 49.7. The molecular formula is C66H88N12O26. The second kappa shape index (κ2) is 34.5. The van der Waals surface area contributed by atoms with E-state index in [9.17, 15) is 85.6 Å². The molecule has 6 aliphatic heterocycles. The van der Waals surface area contributed by atoms with Crippen LogP contribution in [0.4, 0.5) is 0 Å². The van der Waals surface area contributed by atoms with Crippen LogP contribution in [0, 0.1) is 10.8 Å². The van der Waals surface area contributed by atoms with Crippen LogP contribution < -0.4 is 57.3 Å². The van der Waals surface area contributed by atoms with Gasteiger partial charge in [-0.3, -0.25) is 39.6 Å². The molecule has 38 heteroatoms. The Morgan fingerprint density at radius 2 is 1.13 bits per heavy atom. The van der Waals surface area contributed by atoms with Crippen molar-refractivity contribution in [1.82, 2.24) is 52.8 Å². The third-order valence-electron chi connectivity index (χ3n) is 19.1. The number of benzene rings is 4. The zero-order valence-corrected chi connectivity index (χ0v) is 56.0. The standard InChI is InChI=1S/C66H88N12O26/c1-27(30-6-4-3-5-7-30)43-59(95)72-35(17-28-9-13-33(14-10-28)100-63-54(92)51(89)56(41(25-82)103-63)104-64-53(91)50(88)55(40(24-81)102-64)99-26-29-8-11-32-18-34(98-2)15-12-31(32)16-29)58(94)76-44(46(84)36-19-70-65(67)74-36)61(97)77-45(60(96)73-37(22-79)57(93)69-21-42(83)75-43)47(85)38-20-71-66(68)78(38)62-52(90)49(87)48(86)39(23-80)101-62/h3-16,18,27,35-41,43-56,62-64,79-82,84-92H,17,19-26H2,1-2H3,(H2,68,71)(H,69,93)(H,72,95)(H,73,96)(H,75,83)(H,76,94)(H,77,97)(H3,67,70,74). The van der Waals surface area contributed by atoms with Crippen LogP contribution in [-0.2, 0) is 65.5 Å². The molecule has 0 bridgehead atoms. The van der Waals surface area contributed by atoms with Crippen LogP contribution in [0.2, 0.25) is 0 Å². The molecule has 4 aromatic rings. The molecule has 0 radical (unpaired) electrons.